The minimum absolute atomic E-state index is 0.173. The van der Waals surface area contributed by atoms with Crippen LogP contribution in [0.1, 0.15) is 52.2 Å². The molecule has 0 N–H and O–H groups in total. The summed E-state index contributed by atoms with van der Waals surface area (Å²) in [4.78, 5) is 8.58. The van der Waals surface area contributed by atoms with Crippen LogP contribution in [-0.2, 0) is 6.42 Å². The van der Waals surface area contributed by atoms with Crippen LogP contribution in [0, 0.1) is 0 Å². The van der Waals surface area contributed by atoms with Crippen LogP contribution in [0.3, 0.4) is 0 Å². The molecule has 0 saturated heterocycles. The second-order valence-electron chi connectivity index (χ2n) is 4.79. The van der Waals surface area contributed by atoms with Gasteiger partial charge in [-0.15, -0.1) is 0 Å². The Bertz CT molecular complexity index is 518. The van der Waals surface area contributed by atoms with E-state index in [1.54, 1.807) is 6.20 Å². The fourth-order valence-corrected chi connectivity index (χ4v) is 2.00. The Kier molecular flexibility index (Phi) is 4.77. The molecule has 4 nitrogen and oxygen atoms in total. The summed E-state index contributed by atoms with van der Waals surface area (Å²) in [7, 11) is 0. The minimum atomic E-state index is 0.173. The third kappa shape index (κ3) is 3.46. The van der Waals surface area contributed by atoms with Crippen molar-refractivity contribution in [1.29, 1.82) is 0 Å². The summed E-state index contributed by atoms with van der Waals surface area (Å²) in [6.45, 7) is 6.37. The number of rotatable bonds is 7. The Morgan fingerprint density at radius 2 is 2.05 bits per heavy atom. The lowest BCUT2D eigenvalue weighted by Crippen LogP contribution is -2.15. The first-order valence-corrected chi connectivity index (χ1v) is 7.18. The number of unbranched alkanes of at least 4 members (excludes halogenated alkanes) is 1. The SMILES string of the molecule is CCCCc1cc2cnc(OC(CC)CC)nc2o1. The average Bonchev–Trinajstić information content (AvgIpc) is 2.84. The molecule has 0 radical (unpaired) electrons. The topological polar surface area (TPSA) is 48.2 Å². The molecule has 2 aromatic heterocycles. The van der Waals surface area contributed by atoms with Crippen molar-refractivity contribution in [1.82, 2.24) is 9.97 Å². The molecule has 4 heteroatoms. The van der Waals surface area contributed by atoms with Gasteiger partial charge in [0.05, 0.1) is 5.39 Å². The molecule has 19 heavy (non-hydrogen) atoms. The Morgan fingerprint density at radius 3 is 2.74 bits per heavy atom. The standard InChI is InChI=1S/C15H22N2O2/c1-4-7-8-13-9-11-10-16-15(17-14(11)18-13)19-12(5-2)6-3/h9-10,12H,4-8H2,1-3H3. The van der Waals surface area contributed by atoms with E-state index < -0.39 is 0 Å². The van der Waals surface area contributed by atoms with Gasteiger partial charge in [0.2, 0.25) is 5.71 Å². The van der Waals surface area contributed by atoms with Crippen molar-refractivity contribution in [2.45, 2.75) is 59.0 Å². The van der Waals surface area contributed by atoms with E-state index in [1.807, 2.05) is 6.07 Å². The molecule has 0 aromatic carbocycles. The first-order valence-electron chi connectivity index (χ1n) is 7.18. The van der Waals surface area contributed by atoms with Crippen LogP contribution in [0.5, 0.6) is 6.01 Å². The van der Waals surface area contributed by atoms with Gasteiger partial charge in [0, 0.05) is 12.6 Å². The molecule has 0 aliphatic heterocycles. The average molecular weight is 262 g/mol. The zero-order chi connectivity index (χ0) is 13.7. The number of aromatic nitrogens is 2. The fourth-order valence-electron chi connectivity index (χ4n) is 2.00. The number of furan rings is 1. The van der Waals surface area contributed by atoms with Gasteiger partial charge < -0.3 is 9.15 Å². The Morgan fingerprint density at radius 1 is 1.26 bits per heavy atom. The zero-order valence-corrected chi connectivity index (χ0v) is 12.0. The van der Waals surface area contributed by atoms with Crippen molar-refractivity contribution in [3.05, 3.63) is 18.0 Å². The normalized spacial score (nSPS) is 11.4. The van der Waals surface area contributed by atoms with Crippen molar-refractivity contribution in [2.75, 3.05) is 0 Å². The number of aryl methyl sites for hydroxylation is 1. The van der Waals surface area contributed by atoms with Crippen molar-refractivity contribution < 1.29 is 9.15 Å². The molecule has 0 aliphatic carbocycles. The van der Waals surface area contributed by atoms with Crippen LogP contribution in [-0.4, -0.2) is 16.1 Å². The van der Waals surface area contributed by atoms with Crippen LogP contribution in [0.15, 0.2) is 16.7 Å². The van der Waals surface area contributed by atoms with Crippen molar-refractivity contribution >= 4 is 11.1 Å². The van der Waals surface area contributed by atoms with Crippen LogP contribution in [0.2, 0.25) is 0 Å². The van der Waals surface area contributed by atoms with Gasteiger partial charge in [0.25, 0.3) is 0 Å². The molecule has 0 bridgehead atoms. The first kappa shape index (κ1) is 13.8. The van der Waals surface area contributed by atoms with E-state index in [1.165, 1.54) is 0 Å². The highest BCUT2D eigenvalue weighted by atomic mass is 16.5. The molecule has 2 aromatic rings. The summed E-state index contributed by atoms with van der Waals surface area (Å²) in [6.07, 6.45) is 7.10. The highest BCUT2D eigenvalue weighted by molar-refractivity contribution is 5.73. The van der Waals surface area contributed by atoms with Gasteiger partial charge in [-0.25, -0.2) is 4.98 Å². The number of hydrogen-bond donors (Lipinski definition) is 0. The summed E-state index contributed by atoms with van der Waals surface area (Å²) in [5, 5.41) is 0.947. The number of hydrogen-bond acceptors (Lipinski definition) is 4. The first-order chi connectivity index (χ1) is 9.26. The molecule has 0 fully saturated rings. The van der Waals surface area contributed by atoms with E-state index in [0.29, 0.717) is 11.7 Å². The lowest BCUT2D eigenvalue weighted by atomic mass is 10.2. The van der Waals surface area contributed by atoms with Gasteiger partial charge in [0.1, 0.15) is 11.9 Å². The molecule has 2 heterocycles. The van der Waals surface area contributed by atoms with Gasteiger partial charge in [0.15, 0.2) is 0 Å². The van der Waals surface area contributed by atoms with Crippen LogP contribution < -0.4 is 4.74 Å². The molecule has 0 saturated carbocycles. The van der Waals surface area contributed by atoms with E-state index in [0.717, 1.165) is 43.3 Å². The van der Waals surface area contributed by atoms with E-state index >= 15 is 0 Å². The quantitative estimate of drug-likeness (QED) is 0.752. The van der Waals surface area contributed by atoms with Crippen molar-refractivity contribution in [2.24, 2.45) is 0 Å². The Hall–Kier alpha value is -1.58. The summed E-state index contributed by atoms with van der Waals surface area (Å²) in [5.74, 6) is 0.978. The number of nitrogens with zero attached hydrogens (tertiary/aromatic N) is 2. The van der Waals surface area contributed by atoms with Gasteiger partial charge >= 0.3 is 6.01 Å². The van der Waals surface area contributed by atoms with Crippen LogP contribution >= 0.6 is 0 Å². The van der Waals surface area contributed by atoms with Gasteiger partial charge in [-0.2, -0.15) is 4.98 Å². The fraction of sp³-hybridized carbons (Fsp3) is 0.600. The summed E-state index contributed by atoms with van der Waals surface area (Å²) in [6, 6.07) is 2.43. The zero-order valence-electron chi connectivity index (χ0n) is 12.0. The van der Waals surface area contributed by atoms with Crippen LogP contribution in [0.25, 0.3) is 11.1 Å². The van der Waals surface area contributed by atoms with Crippen LogP contribution in [0.4, 0.5) is 0 Å². The monoisotopic (exact) mass is 262 g/mol. The number of ether oxygens (including phenoxy) is 1. The van der Waals surface area contributed by atoms with E-state index in [9.17, 15) is 0 Å². The maximum Gasteiger partial charge on any atom is 0.319 e. The molecule has 0 aliphatic rings. The van der Waals surface area contributed by atoms with E-state index in [2.05, 4.69) is 30.7 Å². The Labute approximate surface area is 114 Å². The molecule has 2 rings (SSSR count). The van der Waals surface area contributed by atoms with E-state index in [4.69, 9.17) is 9.15 Å². The highest BCUT2D eigenvalue weighted by Gasteiger charge is 2.11. The predicted molar refractivity (Wildman–Crippen MR) is 75.4 cm³/mol. The second kappa shape index (κ2) is 6.55. The third-order valence-corrected chi connectivity index (χ3v) is 3.26. The van der Waals surface area contributed by atoms with Gasteiger partial charge in [-0.05, 0) is 25.3 Å². The highest BCUT2D eigenvalue weighted by Crippen LogP contribution is 2.21. The lowest BCUT2D eigenvalue weighted by molar-refractivity contribution is 0.176. The Balaban J connectivity index is 2.15. The summed E-state index contributed by atoms with van der Waals surface area (Å²) in [5.41, 5.74) is 0.627. The summed E-state index contributed by atoms with van der Waals surface area (Å²) < 4.78 is 11.5. The predicted octanol–water partition coefficient (Wildman–Crippen LogP) is 4.13. The molecule has 0 atom stereocenters. The minimum Gasteiger partial charge on any atom is -0.460 e. The third-order valence-electron chi connectivity index (χ3n) is 3.26. The number of fused-ring (bicyclic) bond motifs is 1. The largest absolute Gasteiger partial charge is 0.460 e. The summed E-state index contributed by atoms with van der Waals surface area (Å²) >= 11 is 0. The van der Waals surface area contributed by atoms with Crippen molar-refractivity contribution in [3.63, 3.8) is 0 Å². The maximum absolute atomic E-state index is 5.73. The molecular weight excluding hydrogens is 240 g/mol. The maximum atomic E-state index is 5.73. The molecule has 0 spiro atoms. The van der Waals surface area contributed by atoms with Crippen molar-refractivity contribution in [3.8, 4) is 6.01 Å². The van der Waals surface area contributed by atoms with Gasteiger partial charge in [-0.1, -0.05) is 27.2 Å². The molecular formula is C15H22N2O2. The molecule has 0 amide bonds. The smallest absolute Gasteiger partial charge is 0.319 e. The van der Waals surface area contributed by atoms with Gasteiger partial charge in [-0.3, -0.25) is 0 Å². The van der Waals surface area contributed by atoms with E-state index in [-0.39, 0.29) is 6.10 Å². The molecule has 104 valence electrons. The molecule has 0 unspecified atom stereocenters. The second-order valence-corrected chi connectivity index (χ2v) is 4.79. The lowest BCUT2D eigenvalue weighted by Gasteiger charge is -2.12.